The van der Waals surface area contributed by atoms with Crippen molar-refractivity contribution in [3.05, 3.63) is 11.2 Å². The van der Waals surface area contributed by atoms with Gasteiger partial charge in [0.15, 0.2) is 43.8 Å². The summed E-state index contributed by atoms with van der Waals surface area (Å²) in [5.41, 5.74) is 0. The molecule has 1 aromatic heterocycles. The predicted octanol–water partition coefficient (Wildman–Crippen LogP) is -11.7. The van der Waals surface area contributed by atoms with Gasteiger partial charge in [0, 0.05) is 0 Å². The minimum atomic E-state index is -2.20. The third-order valence-corrected chi connectivity index (χ3v) is 14.2. The quantitative estimate of drug-likeness (QED) is 0.0978. The van der Waals surface area contributed by atoms with E-state index in [9.17, 15) is 86.8 Å². The summed E-state index contributed by atoms with van der Waals surface area (Å²) in [7, 11) is 0. The number of aliphatic hydroxyl groups excluding tert-OH is 17. The summed E-state index contributed by atoms with van der Waals surface area (Å²) >= 11 is 6.30. The molecule has 17 N–H and O–H groups in total. The average molecular weight is 1140 g/mol. The van der Waals surface area contributed by atoms with E-state index in [1.165, 1.54) is 6.92 Å². The molecule has 0 aliphatic carbocycles. The van der Waals surface area contributed by atoms with Crippen LogP contribution in [0.3, 0.4) is 0 Å². The fraction of sp³-hybridized carbons (Fsp3) is 0.929. The maximum absolute atomic E-state index is 12.1. The van der Waals surface area contributed by atoms with E-state index in [0.29, 0.717) is 0 Å². The first-order chi connectivity index (χ1) is 36.8. The van der Waals surface area contributed by atoms with Gasteiger partial charge in [-0.2, -0.15) is 0 Å². The molecule has 23 heterocycles. The van der Waals surface area contributed by atoms with Gasteiger partial charge in [0.05, 0.1) is 58.5 Å². The van der Waals surface area contributed by atoms with Crippen LogP contribution >= 0.6 is 11.6 Å². The van der Waals surface area contributed by atoms with Gasteiger partial charge in [0.2, 0.25) is 0 Å². The van der Waals surface area contributed by atoms with Crippen molar-refractivity contribution in [3.8, 4) is 5.88 Å². The Labute approximate surface area is 440 Å². The molecule has 22 fully saturated rings. The highest BCUT2D eigenvalue weighted by atomic mass is 35.5. The molecule has 23 rings (SSSR count). The van der Waals surface area contributed by atoms with Crippen LogP contribution in [-0.2, 0) is 61.6 Å². The van der Waals surface area contributed by atoms with E-state index in [1.54, 1.807) is 0 Å². The summed E-state index contributed by atoms with van der Waals surface area (Å²) in [6, 6.07) is 0. The molecule has 12 bridgehead atoms. The molecular weight excluding hydrogens is 1080 g/mol. The Bertz CT molecular complexity index is 2000. The number of hydrogen-bond donors (Lipinski definition) is 17. The number of nitrogens with zero attached hydrogens (tertiary/aromatic N) is 3. The number of rotatable bonds is 11. The highest BCUT2D eigenvalue weighted by Gasteiger charge is 2.59. The van der Waals surface area contributed by atoms with Crippen LogP contribution in [0.5, 0.6) is 5.88 Å². The van der Waals surface area contributed by atoms with E-state index in [2.05, 4.69) is 15.4 Å². The van der Waals surface area contributed by atoms with Gasteiger partial charge in [-0.15, -0.1) is 5.10 Å². The van der Waals surface area contributed by atoms with E-state index >= 15 is 0 Å². The van der Waals surface area contributed by atoms with Gasteiger partial charge in [-0.1, -0.05) is 16.7 Å². The minimum Gasteiger partial charge on any atom is -0.466 e. The molecule has 34 nitrogen and oxygen atoms in total. The van der Waals surface area contributed by atoms with Gasteiger partial charge in [-0.3, -0.25) is 0 Å². The highest BCUT2D eigenvalue weighted by Crippen LogP contribution is 2.39. The van der Waals surface area contributed by atoms with E-state index in [-0.39, 0.29) is 5.02 Å². The first kappa shape index (κ1) is 61.0. The first-order valence-electron chi connectivity index (χ1n) is 24.4. The van der Waals surface area contributed by atoms with Crippen LogP contribution < -0.4 is 4.74 Å². The van der Waals surface area contributed by atoms with Crippen LogP contribution in [0.2, 0.25) is 5.02 Å². The van der Waals surface area contributed by atoms with Crippen molar-refractivity contribution >= 4 is 11.6 Å². The molecule has 0 saturated carbocycles. The largest absolute Gasteiger partial charge is 0.466 e. The minimum absolute atomic E-state index is 0.288. The number of aromatic nitrogens is 3. The molecule has 77 heavy (non-hydrogen) atoms. The molecule has 1 aromatic rings. The maximum Gasteiger partial charge on any atom is 0.256 e. The fourth-order valence-corrected chi connectivity index (χ4v) is 10.1. The SMILES string of the molecule is CC(O)CO[C@@H]1[C@@H](O)[C@H]2O[C@H]3[C@H](O)[C@@H](O)[C@@H](O[C@H]4[C@H](O)[C@@H](O)[C@@H](O[C@H]5[C@H](O)[C@@H](O)[C@@H](O[C@H]6[C@H](O)[C@@H](O)[C@@H](O[C@@H]7[C@H](Oc8nnncc8Cl)[C@@H](O)[C@@H](O[C@H]1[C@@H](CO)O2)O[C@@H]7CO)O[C@@H]6CO)O[C@@H]5CO)O[C@@H]4CO)O[C@@H]3CO. The lowest BCUT2D eigenvalue weighted by Gasteiger charge is -2.51. The topological polar surface area (TPSA) is 512 Å². The lowest BCUT2D eigenvalue weighted by atomic mass is 9.94. The lowest BCUT2D eigenvalue weighted by molar-refractivity contribution is -0.404. The van der Waals surface area contributed by atoms with Gasteiger partial charge in [-0.25, -0.2) is 0 Å². The van der Waals surface area contributed by atoms with Crippen molar-refractivity contribution in [2.75, 3.05) is 46.2 Å². The Hall–Kier alpha value is -2.10. The fourth-order valence-electron chi connectivity index (χ4n) is 9.93. The molecule has 22 aliphatic heterocycles. The van der Waals surface area contributed by atoms with Crippen molar-refractivity contribution < 1.29 is 153 Å². The lowest BCUT2D eigenvalue weighted by Crippen LogP contribution is -2.69. The molecule has 0 aromatic carbocycles. The molecule has 0 radical (unpaired) electrons. The standard InChI is InChI=1S/C42H66ClN3O31/c1-10(53)9-64-34-26(62)41-69-16(7-51)32(34)76-42-27(63)35(71-36-11(43)2-44-46-45-36)33(17(8-52)70-42)77-40-25(61)21(57)30(14(5-49)68-40)74-38-23(59)19(55)28(12(3-47)66-38)72-37-22(58)18(54)29(13(4-48)65-37)73-39-24(60)20(56)31(75-41)15(6-50)67-39/h2,10,12-35,37-42,47-63H,3-9H2,1H3/t10?,12-,13-,14-,15-,16-,17-,18-,19-,20-,21-,22-,23-,24-,25-,26-,27-,28-,29-,30-,31-,32+,33+,34-,35-,37-,38-,39-,40-,41-,42-/m1/s1. The molecule has 22 saturated heterocycles. The van der Waals surface area contributed by atoms with E-state index in [1.807, 2.05) is 0 Å². The molecule has 22 aliphatic rings. The number of aliphatic hydroxyl groups is 17. The maximum atomic E-state index is 12.1. The second kappa shape index (κ2) is 26.4. The van der Waals surface area contributed by atoms with Crippen LogP contribution in [0.1, 0.15) is 6.92 Å². The van der Waals surface area contributed by atoms with Crippen LogP contribution in [0.4, 0.5) is 0 Å². The Morgan fingerprint density at radius 3 is 1.03 bits per heavy atom. The molecular formula is C42H66ClN3O31. The average Bonchev–Trinajstić information content (AvgIpc) is 3.47. The third-order valence-electron chi connectivity index (χ3n) is 14.0. The van der Waals surface area contributed by atoms with E-state index in [4.69, 9.17) is 77.9 Å². The molecule has 0 spiro atoms. The molecule has 442 valence electrons. The van der Waals surface area contributed by atoms with Crippen LogP contribution in [0.25, 0.3) is 0 Å². The molecule has 1 unspecified atom stereocenters. The highest BCUT2D eigenvalue weighted by molar-refractivity contribution is 6.31. The van der Waals surface area contributed by atoms with Gasteiger partial charge < -0.3 is 153 Å². The van der Waals surface area contributed by atoms with Gasteiger partial charge in [-0.05, 0) is 12.1 Å². The van der Waals surface area contributed by atoms with Gasteiger partial charge in [0.1, 0.15) is 145 Å². The molecule has 35 heteroatoms. The molecule has 0 amide bonds. The summed E-state index contributed by atoms with van der Waals surface area (Å²) in [5.74, 6) is -0.508. The van der Waals surface area contributed by atoms with Crippen LogP contribution in [0.15, 0.2) is 6.20 Å². The summed E-state index contributed by atoms with van der Waals surface area (Å²) in [5, 5.41) is 199. The van der Waals surface area contributed by atoms with Gasteiger partial charge >= 0.3 is 0 Å². The summed E-state index contributed by atoms with van der Waals surface area (Å²) in [4.78, 5) is 0. The summed E-state index contributed by atoms with van der Waals surface area (Å²) < 4.78 is 82.2. The van der Waals surface area contributed by atoms with Crippen molar-refractivity contribution in [3.63, 3.8) is 0 Å². The smallest absolute Gasteiger partial charge is 0.256 e. The monoisotopic (exact) mass is 1140 g/mol. The third kappa shape index (κ3) is 12.6. The van der Waals surface area contributed by atoms with Crippen LogP contribution in [0, 0.1) is 0 Å². The zero-order valence-electron chi connectivity index (χ0n) is 40.5. The first-order valence-corrected chi connectivity index (χ1v) is 24.8. The summed E-state index contributed by atoms with van der Waals surface area (Å²) in [6.07, 6.45) is -58.7. The second-order valence-corrected chi connectivity index (χ2v) is 19.6. The zero-order chi connectivity index (χ0) is 55.7. The van der Waals surface area contributed by atoms with E-state index < -0.39 is 242 Å². The predicted molar refractivity (Wildman–Crippen MR) is 234 cm³/mol. The van der Waals surface area contributed by atoms with Crippen molar-refractivity contribution in [1.82, 2.24) is 15.4 Å². The second-order valence-electron chi connectivity index (χ2n) is 19.2. The Morgan fingerprint density at radius 2 is 0.714 bits per heavy atom. The number of ether oxygens (including phenoxy) is 14. The number of halogens is 1. The molecule has 31 atom stereocenters. The van der Waals surface area contributed by atoms with Gasteiger partial charge in [0.25, 0.3) is 5.88 Å². The Balaban J connectivity index is 1.16. The van der Waals surface area contributed by atoms with Crippen LogP contribution in [-0.4, -0.2) is 339 Å². The summed E-state index contributed by atoms with van der Waals surface area (Å²) in [6.45, 7) is -5.35. The normalized spacial score (nSPS) is 49.5. The Morgan fingerprint density at radius 1 is 0.429 bits per heavy atom. The Kier molecular flexibility index (Phi) is 20.9. The van der Waals surface area contributed by atoms with Crippen molar-refractivity contribution in [1.29, 1.82) is 0 Å². The van der Waals surface area contributed by atoms with Crippen molar-refractivity contribution in [2.24, 2.45) is 0 Å². The van der Waals surface area contributed by atoms with E-state index in [0.717, 1.165) is 6.20 Å². The van der Waals surface area contributed by atoms with Crippen molar-refractivity contribution in [2.45, 2.75) is 197 Å². The zero-order valence-corrected chi connectivity index (χ0v) is 41.2. The number of hydrogen-bond acceptors (Lipinski definition) is 34.